The summed E-state index contributed by atoms with van der Waals surface area (Å²) in [5.41, 5.74) is 0. The summed E-state index contributed by atoms with van der Waals surface area (Å²) < 4.78 is 0. The van der Waals surface area contributed by atoms with Crippen LogP contribution < -0.4 is 10.6 Å². The Hall–Kier alpha value is -1.11. The molecule has 3 atom stereocenters. The number of aliphatic hydroxyl groups is 2. The number of carbonyl (C=O) groups excluding carboxylic acids is 1. The number of rotatable bonds is 7. The van der Waals surface area contributed by atoms with Gasteiger partial charge in [0.1, 0.15) is 6.23 Å². The predicted molar refractivity (Wildman–Crippen MR) is 64.1 cm³/mol. The number of amides is 2. The van der Waals surface area contributed by atoms with E-state index in [2.05, 4.69) is 17.2 Å². The Labute approximate surface area is 101 Å². The highest BCUT2D eigenvalue weighted by Gasteiger charge is 2.27. The Morgan fingerprint density at radius 1 is 1.65 bits per heavy atom. The summed E-state index contributed by atoms with van der Waals surface area (Å²) in [6, 6.07) is -0.155. The monoisotopic (exact) mass is 243 g/mol. The van der Waals surface area contributed by atoms with Crippen molar-refractivity contribution in [2.75, 3.05) is 13.1 Å². The lowest BCUT2D eigenvalue weighted by molar-refractivity contribution is -0.0213. The van der Waals surface area contributed by atoms with Crippen molar-refractivity contribution in [3.05, 3.63) is 12.7 Å². The molecule has 0 radical (unpaired) electrons. The number of hydrogen-bond acceptors (Lipinski definition) is 4. The van der Waals surface area contributed by atoms with Crippen LogP contribution in [0.3, 0.4) is 0 Å². The van der Waals surface area contributed by atoms with E-state index in [0.29, 0.717) is 25.9 Å². The third-order valence-electron chi connectivity index (χ3n) is 2.80. The highest BCUT2D eigenvalue weighted by atomic mass is 16.3. The lowest BCUT2D eigenvalue weighted by atomic mass is 10.1. The van der Waals surface area contributed by atoms with Gasteiger partial charge in [-0.1, -0.05) is 6.08 Å². The Morgan fingerprint density at radius 3 is 2.88 bits per heavy atom. The first kappa shape index (κ1) is 14.0. The molecular weight excluding hydrogens is 222 g/mol. The van der Waals surface area contributed by atoms with E-state index in [0.717, 1.165) is 0 Å². The largest absolute Gasteiger partial charge is 0.389 e. The molecule has 6 heteroatoms. The van der Waals surface area contributed by atoms with E-state index in [-0.39, 0.29) is 12.2 Å². The van der Waals surface area contributed by atoms with E-state index in [1.807, 2.05) is 0 Å². The summed E-state index contributed by atoms with van der Waals surface area (Å²) in [4.78, 5) is 12.9. The molecule has 4 N–H and O–H groups in total. The number of urea groups is 1. The van der Waals surface area contributed by atoms with Crippen LogP contribution in [-0.2, 0) is 0 Å². The van der Waals surface area contributed by atoms with Gasteiger partial charge in [0.05, 0.1) is 12.3 Å². The fraction of sp³-hybridized carbons (Fsp3) is 0.727. The van der Waals surface area contributed by atoms with Crippen molar-refractivity contribution in [2.24, 2.45) is 0 Å². The molecule has 1 aliphatic heterocycles. The second-order valence-corrected chi connectivity index (χ2v) is 4.15. The fourth-order valence-electron chi connectivity index (χ4n) is 1.75. The molecule has 17 heavy (non-hydrogen) atoms. The van der Waals surface area contributed by atoms with Gasteiger partial charge < -0.3 is 20.4 Å². The second kappa shape index (κ2) is 6.58. The maximum atomic E-state index is 11.4. The van der Waals surface area contributed by atoms with Crippen LogP contribution in [0.15, 0.2) is 12.7 Å². The molecule has 6 nitrogen and oxygen atoms in total. The third kappa shape index (κ3) is 3.99. The zero-order chi connectivity index (χ0) is 12.8. The first-order valence-corrected chi connectivity index (χ1v) is 5.83. The van der Waals surface area contributed by atoms with E-state index in [9.17, 15) is 15.0 Å². The molecule has 1 heterocycles. The number of nitrogens with one attached hydrogen (secondary N) is 2. The minimum absolute atomic E-state index is 0.155. The number of nitrogens with zero attached hydrogens (tertiary/aromatic N) is 1. The summed E-state index contributed by atoms with van der Waals surface area (Å²) in [6.07, 6.45) is 0.549. The van der Waals surface area contributed by atoms with Gasteiger partial charge >= 0.3 is 6.03 Å². The molecule has 98 valence electrons. The highest BCUT2D eigenvalue weighted by molar-refractivity contribution is 5.76. The van der Waals surface area contributed by atoms with Crippen molar-refractivity contribution >= 4 is 6.03 Å². The smallest absolute Gasteiger partial charge is 0.318 e. The lowest BCUT2D eigenvalue weighted by Gasteiger charge is -2.28. The molecule has 2 amide bonds. The molecule has 0 aromatic carbocycles. The molecule has 0 spiro atoms. The molecule has 0 aromatic rings. The summed E-state index contributed by atoms with van der Waals surface area (Å²) in [5, 5.41) is 24.8. The van der Waals surface area contributed by atoms with Crippen LogP contribution in [0.1, 0.15) is 19.8 Å². The number of carbonyl (C=O) groups is 1. The van der Waals surface area contributed by atoms with Crippen LogP contribution in [0.4, 0.5) is 4.79 Å². The topological polar surface area (TPSA) is 84.8 Å². The Morgan fingerprint density at radius 2 is 2.35 bits per heavy atom. The van der Waals surface area contributed by atoms with Crippen molar-refractivity contribution in [3.8, 4) is 0 Å². The van der Waals surface area contributed by atoms with Crippen LogP contribution in [-0.4, -0.2) is 52.7 Å². The second-order valence-electron chi connectivity index (χ2n) is 4.15. The van der Waals surface area contributed by atoms with Crippen molar-refractivity contribution in [1.29, 1.82) is 0 Å². The lowest BCUT2D eigenvalue weighted by Crippen LogP contribution is -2.52. The quantitative estimate of drug-likeness (QED) is 0.362. The van der Waals surface area contributed by atoms with Crippen molar-refractivity contribution in [3.63, 3.8) is 0 Å². The van der Waals surface area contributed by atoms with Gasteiger partial charge in [0.15, 0.2) is 0 Å². The average molecular weight is 243 g/mol. The standard InChI is InChI=1S/C11H21N3O3/c1-3-4-5-9(15)10(16)13-8(2)14-7-6-12-11(14)17/h3,8-10,13,15-16H,1,4-7H2,2H3,(H,12,17). The molecule has 0 aromatic heterocycles. The van der Waals surface area contributed by atoms with Gasteiger partial charge in [0.2, 0.25) is 0 Å². The van der Waals surface area contributed by atoms with Gasteiger partial charge in [-0.15, -0.1) is 6.58 Å². The maximum Gasteiger partial charge on any atom is 0.318 e. The average Bonchev–Trinajstić information content (AvgIpc) is 2.72. The van der Waals surface area contributed by atoms with Gasteiger partial charge in [-0.05, 0) is 19.8 Å². The first-order valence-electron chi connectivity index (χ1n) is 5.83. The molecule has 1 aliphatic rings. The normalized spacial score (nSPS) is 20.9. The van der Waals surface area contributed by atoms with Crippen LogP contribution >= 0.6 is 0 Å². The summed E-state index contributed by atoms with van der Waals surface area (Å²) in [5.74, 6) is 0. The van der Waals surface area contributed by atoms with Crippen molar-refractivity contribution in [2.45, 2.75) is 38.3 Å². The van der Waals surface area contributed by atoms with E-state index in [1.165, 1.54) is 0 Å². The Balaban J connectivity index is 2.36. The van der Waals surface area contributed by atoms with Gasteiger partial charge in [-0.2, -0.15) is 0 Å². The molecule has 0 bridgehead atoms. The number of hydrogen-bond donors (Lipinski definition) is 4. The minimum Gasteiger partial charge on any atom is -0.389 e. The maximum absolute atomic E-state index is 11.4. The van der Waals surface area contributed by atoms with E-state index in [1.54, 1.807) is 17.9 Å². The molecule has 0 saturated carbocycles. The van der Waals surface area contributed by atoms with Crippen LogP contribution in [0.25, 0.3) is 0 Å². The minimum atomic E-state index is -1.04. The van der Waals surface area contributed by atoms with Crippen LogP contribution in [0.2, 0.25) is 0 Å². The number of aliphatic hydroxyl groups excluding tert-OH is 2. The third-order valence-corrected chi connectivity index (χ3v) is 2.80. The first-order chi connectivity index (χ1) is 8.06. The molecule has 1 fully saturated rings. The van der Waals surface area contributed by atoms with E-state index < -0.39 is 12.3 Å². The van der Waals surface area contributed by atoms with Crippen LogP contribution in [0.5, 0.6) is 0 Å². The molecule has 0 aliphatic carbocycles. The Kier molecular flexibility index (Phi) is 5.40. The zero-order valence-corrected chi connectivity index (χ0v) is 10.1. The molecule has 1 rings (SSSR count). The van der Waals surface area contributed by atoms with Crippen molar-refractivity contribution < 1.29 is 15.0 Å². The summed E-state index contributed by atoms with van der Waals surface area (Å²) in [7, 11) is 0. The van der Waals surface area contributed by atoms with E-state index >= 15 is 0 Å². The van der Waals surface area contributed by atoms with Gasteiger partial charge in [-0.25, -0.2) is 4.79 Å². The van der Waals surface area contributed by atoms with Crippen molar-refractivity contribution in [1.82, 2.24) is 15.5 Å². The highest BCUT2D eigenvalue weighted by Crippen LogP contribution is 2.06. The molecular formula is C11H21N3O3. The summed E-state index contributed by atoms with van der Waals surface area (Å²) >= 11 is 0. The predicted octanol–water partition coefficient (Wildman–Crippen LogP) is -0.407. The van der Waals surface area contributed by atoms with E-state index in [4.69, 9.17) is 0 Å². The van der Waals surface area contributed by atoms with Gasteiger partial charge in [0, 0.05) is 13.1 Å². The SMILES string of the molecule is C=CCCC(O)C(O)NC(C)N1CCNC1=O. The fourth-order valence-corrected chi connectivity index (χ4v) is 1.75. The zero-order valence-electron chi connectivity index (χ0n) is 10.1. The van der Waals surface area contributed by atoms with Gasteiger partial charge in [-0.3, -0.25) is 5.32 Å². The Bertz CT molecular complexity index is 273. The van der Waals surface area contributed by atoms with Crippen LogP contribution in [0, 0.1) is 0 Å². The summed E-state index contributed by atoms with van der Waals surface area (Å²) in [6.45, 7) is 6.53. The molecule has 3 unspecified atom stereocenters. The number of allylic oxidation sites excluding steroid dienone is 1. The molecule has 1 saturated heterocycles. The van der Waals surface area contributed by atoms with Gasteiger partial charge in [0.25, 0.3) is 0 Å².